The second kappa shape index (κ2) is 7.88. The second-order valence-electron chi connectivity index (χ2n) is 5.29. The van der Waals surface area contributed by atoms with E-state index in [1.807, 2.05) is 12.4 Å². The Morgan fingerprint density at radius 2 is 1.71 bits per heavy atom. The van der Waals surface area contributed by atoms with Crippen molar-refractivity contribution in [2.24, 2.45) is 0 Å². The van der Waals surface area contributed by atoms with E-state index in [9.17, 15) is 0 Å². The van der Waals surface area contributed by atoms with Gasteiger partial charge < -0.3 is 5.32 Å². The molecule has 0 spiro atoms. The Balaban J connectivity index is 1.71. The molecule has 0 aliphatic carbocycles. The minimum absolute atomic E-state index is 0.141. The van der Waals surface area contributed by atoms with Gasteiger partial charge in [0.1, 0.15) is 17.2 Å². The van der Waals surface area contributed by atoms with Crippen LogP contribution in [0.15, 0.2) is 60.4 Å². The molecule has 5 nitrogen and oxygen atoms in total. The fourth-order valence-electron chi connectivity index (χ4n) is 2.35. The molecule has 0 saturated heterocycles. The summed E-state index contributed by atoms with van der Waals surface area (Å²) in [6.07, 6.45) is 8.72. The largest absolute Gasteiger partial charge is 0.362 e. The van der Waals surface area contributed by atoms with E-state index in [0.717, 1.165) is 27.7 Å². The first-order valence-electron chi connectivity index (χ1n) is 7.83. The molecule has 1 atom stereocenters. The minimum atomic E-state index is 0.141. The lowest BCUT2D eigenvalue weighted by molar-refractivity contribution is 0.862. The molecule has 0 aliphatic rings. The lowest BCUT2D eigenvalue weighted by Gasteiger charge is -2.15. The molecule has 0 amide bonds. The molecule has 1 unspecified atom stereocenters. The van der Waals surface area contributed by atoms with E-state index < -0.39 is 0 Å². The van der Waals surface area contributed by atoms with Crippen molar-refractivity contribution in [3.05, 3.63) is 60.9 Å². The first-order chi connectivity index (χ1) is 11.8. The van der Waals surface area contributed by atoms with Crippen LogP contribution in [0.1, 0.15) is 25.5 Å². The van der Waals surface area contributed by atoms with Crippen LogP contribution >= 0.6 is 11.8 Å². The Kier molecular flexibility index (Phi) is 5.38. The minimum Gasteiger partial charge on any atom is -0.362 e. The van der Waals surface area contributed by atoms with E-state index in [4.69, 9.17) is 0 Å². The maximum Gasteiger partial charge on any atom is 0.146 e. The van der Waals surface area contributed by atoms with Crippen molar-refractivity contribution in [3.8, 4) is 11.1 Å². The molecule has 2 aromatic heterocycles. The number of thioether (sulfide) groups is 1. The summed E-state index contributed by atoms with van der Waals surface area (Å²) in [6, 6.07) is 8.53. The van der Waals surface area contributed by atoms with Crippen molar-refractivity contribution in [1.82, 2.24) is 19.9 Å². The van der Waals surface area contributed by atoms with Gasteiger partial charge in [-0.15, -0.1) is 11.8 Å². The zero-order chi connectivity index (χ0) is 16.8. The third-order valence-electron chi connectivity index (χ3n) is 3.57. The summed E-state index contributed by atoms with van der Waals surface area (Å²) in [5.74, 6) is 1.78. The fraction of sp³-hybridized carbons (Fsp3) is 0.222. The first-order valence-corrected chi connectivity index (χ1v) is 8.81. The van der Waals surface area contributed by atoms with Gasteiger partial charge in [-0.25, -0.2) is 15.0 Å². The van der Waals surface area contributed by atoms with Crippen molar-refractivity contribution in [2.45, 2.75) is 24.9 Å². The summed E-state index contributed by atoms with van der Waals surface area (Å²) < 4.78 is 0. The Hall–Kier alpha value is -2.47. The number of nitrogens with zero attached hydrogens (tertiary/aromatic N) is 4. The molecular formula is C18H19N5S. The molecule has 0 saturated carbocycles. The molecule has 3 aromatic rings. The van der Waals surface area contributed by atoms with Crippen LogP contribution in [0.5, 0.6) is 0 Å². The van der Waals surface area contributed by atoms with Crippen LogP contribution in [0.4, 0.5) is 5.82 Å². The van der Waals surface area contributed by atoms with Crippen molar-refractivity contribution in [2.75, 3.05) is 11.1 Å². The normalized spacial score (nSPS) is 11.9. The molecule has 0 radical (unpaired) electrons. The van der Waals surface area contributed by atoms with Crippen LogP contribution in [0.25, 0.3) is 11.1 Å². The Morgan fingerprint density at radius 1 is 0.958 bits per heavy atom. The van der Waals surface area contributed by atoms with Gasteiger partial charge in [-0.2, -0.15) is 0 Å². The zero-order valence-electron chi connectivity index (χ0n) is 13.7. The number of rotatable bonds is 6. The standard InChI is InChI=1S/C18H19N5S/c1-3-24-18-11-19-10-17(23-18)22-13(2)14-4-6-15(7-5-14)16-8-20-12-21-9-16/h4-13H,3H2,1-2H3,(H,22,23). The number of anilines is 1. The van der Waals surface area contributed by atoms with Gasteiger partial charge >= 0.3 is 0 Å². The highest BCUT2D eigenvalue weighted by Crippen LogP contribution is 2.23. The third kappa shape index (κ3) is 4.08. The van der Waals surface area contributed by atoms with Crippen LogP contribution in [0, 0.1) is 0 Å². The van der Waals surface area contributed by atoms with E-state index in [1.165, 1.54) is 11.9 Å². The van der Waals surface area contributed by atoms with Gasteiger partial charge in [0.2, 0.25) is 0 Å². The number of benzene rings is 1. The summed E-state index contributed by atoms with van der Waals surface area (Å²) in [6.45, 7) is 4.22. The molecular weight excluding hydrogens is 318 g/mol. The molecule has 0 bridgehead atoms. The van der Waals surface area contributed by atoms with Crippen molar-refractivity contribution < 1.29 is 0 Å². The van der Waals surface area contributed by atoms with Gasteiger partial charge in [-0.05, 0) is 23.8 Å². The topological polar surface area (TPSA) is 63.6 Å². The van der Waals surface area contributed by atoms with Crippen LogP contribution in [0.2, 0.25) is 0 Å². The summed E-state index contributed by atoms with van der Waals surface area (Å²) >= 11 is 1.69. The number of nitrogens with one attached hydrogen (secondary N) is 1. The van der Waals surface area contributed by atoms with Gasteiger partial charge in [-0.1, -0.05) is 31.2 Å². The van der Waals surface area contributed by atoms with Crippen molar-refractivity contribution in [1.29, 1.82) is 0 Å². The lowest BCUT2D eigenvalue weighted by Crippen LogP contribution is -2.08. The van der Waals surface area contributed by atoms with Crippen molar-refractivity contribution >= 4 is 17.6 Å². The zero-order valence-corrected chi connectivity index (χ0v) is 14.5. The summed E-state index contributed by atoms with van der Waals surface area (Å²) in [4.78, 5) is 16.9. The predicted molar refractivity (Wildman–Crippen MR) is 97.9 cm³/mol. The number of hydrogen-bond acceptors (Lipinski definition) is 6. The monoisotopic (exact) mass is 337 g/mol. The smallest absolute Gasteiger partial charge is 0.146 e. The van der Waals surface area contributed by atoms with Crippen molar-refractivity contribution in [3.63, 3.8) is 0 Å². The first kappa shape index (κ1) is 16.4. The van der Waals surface area contributed by atoms with Crippen LogP contribution in [0.3, 0.4) is 0 Å². The summed E-state index contributed by atoms with van der Waals surface area (Å²) in [5.41, 5.74) is 3.30. The predicted octanol–water partition coefficient (Wildman–Crippen LogP) is 4.22. The third-order valence-corrected chi connectivity index (χ3v) is 4.35. The molecule has 0 aliphatic heterocycles. The molecule has 24 heavy (non-hydrogen) atoms. The highest BCUT2D eigenvalue weighted by Gasteiger charge is 2.08. The van der Waals surface area contributed by atoms with E-state index in [2.05, 4.69) is 63.4 Å². The molecule has 0 fully saturated rings. The van der Waals surface area contributed by atoms with Gasteiger partial charge in [0.25, 0.3) is 0 Å². The molecule has 122 valence electrons. The molecule has 6 heteroatoms. The van der Waals surface area contributed by atoms with Crippen LogP contribution < -0.4 is 5.32 Å². The van der Waals surface area contributed by atoms with Gasteiger partial charge in [-0.3, -0.25) is 4.98 Å². The molecule has 1 aromatic carbocycles. The lowest BCUT2D eigenvalue weighted by atomic mass is 10.0. The Morgan fingerprint density at radius 3 is 2.42 bits per heavy atom. The fourth-order valence-corrected chi connectivity index (χ4v) is 2.95. The SMILES string of the molecule is CCSc1cncc(NC(C)c2ccc(-c3cncnc3)cc2)n1. The maximum absolute atomic E-state index is 4.57. The summed E-state index contributed by atoms with van der Waals surface area (Å²) in [5, 5.41) is 4.34. The highest BCUT2D eigenvalue weighted by molar-refractivity contribution is 7.99. The van der Waals surface area contributed by atoms with Gasteiger partial charge in [0, 0.05) is 24.0 Å². The summed E-state index contributed by atoms with van der Waals surface area (Å²) in [7, 11) is 0. The van der Waals surface area contributed by atoms with Gasteiger partial charge in [0.05, 0.1) is 12.4 Å². The number of hydrogen-bond donors (Lipinski definition) is 1. The maximum atomic E-state index is 4.57. The van der Waals surface area contributed by atoms with Crippen LogP contribution in [-0.2, 0) is 0 Å². The average molecular weight is 337 g/mol. The van der Waals surface area contributed by atoms with E-state index >= 15 is 0 Å². The van der Waals surface area contributed by atoms with E-state index in [1.54, 1.807) is 24.2 Å². The van der Waals surface area contributed by atoms with E-state index in [0.29, 0.717) is 0 Å². The Labute approximate surface area is 146 Å². The Bertz CT molecular complexity index is 777. The second-order valence-corrected chi connectivity index (χ2v) is 6.58. The highest BCUT2D eigenvalue weighted by atomic mass is 32.2. The number of aromatic nitrogens is 4. The quantitative estimate of drug-likeness (QED) is 0.680. The van der Waals surface area contributed by atoms with Gasteiger partial charge in [0.15, 0.2) is 0 Å². The molecule has 2 heterocycles. The van der Waals surface area contributed by atoms with E-state index in [-0.39, 0.29) is 6.04 Å². The van der Waals surface area contributed by atoms with Crippen LogP contribution in [-0.4, -0.2) is 25.7 Å². The average Bonchev–Trinajstić information content (AvgIpc) is 2.63. The molecule has 3 rings (SSSR count). The molecule has 1 N–H and O–H groups in total.